The number of carbonyl (C=O) groups is 1. The van der Waals surface area contributed by atoms with E-state index in [0.717, 1.165) is 18.7 Å². The molecule has 1 aromatic heterocycles. The number of aliphatic hydroxyl groups is 1. The zero-order valence-electron chi connectivity index (χ0n) is 11.3. The predicted octanol–water partition coefficient (Wildman–Crippen LogP) is 1.50. The maximum atomic E-state index is 12.5. The topological polar surface area (TPSA) is 65.5 Å². The molecule has 0 bridgehead atoms. The Bertz CT molecular complexity index is 428. The van der Waals surface area contributed by atoms with Crippen molar-refractivity contribution in [3.63, 3.8) is 0 Å². The summed E-state index contributed by atoms with van der Waals surface area (Å²) < 4.78 is 0. The van der Waals surface area contributed by atoms with Gasteiger partial charge in [-0.15, -0.1) is 0 Å². The lowest BCUT2D eigenvalue weighted by atomic mass is 10.1. The maximum Gasteiger partial charge on any atom is 0.257 e. The molecule has 1 aliphatic heterocycles. The second-order valence-electron chi connectivity index (χ2n) is 4.87. The fourth-order valence-electron chi connectivity index (χ4n) is 2.22. The normalized spacial score (nSPS) is 16.4. The van der Waals surface area contributed by atoms with Crippen LogP contribution in [0.1, 0.15) is 36.5 Å². The Kier molecular flexibility index (Phi) is 4.74. The first kappa shape index (κ1) is 13.8. The number of pyridine rings is 1. The van der Waals surface area contributed by atoms with E-state index < -0.39 is 0 Å². The lowest BCUT2D eigenvalue weighted by Crippen LogP contribution is -2.40. The Morgan fingerprint density at radius 3 is 2.95 bits per heavy atom. The third-order valence-electron chi connectivity index (χ3n) is 3.37. The summed E-state index contributed by atoms with van der Waals surface area (Å²) in [5.74, 6) is -0.00129. The molecule has 104 valence electrons. The SMILES string of the molecule is CCCNc1ccncc1C(=O)N1CCC(O)CC1. The van der Waals surface area contributed by atoms with Crippen LogP contribution in [0.5, 0.6) is 0 Å². The van der Waals surface area contributed by atoms with Crippen LogP contribution in [0.25, 0.3) is 0 Å². The molecule has 0 saturated carbocycles. The molecule has 1 aromatic rings. The van der Waals surface area contributed by atoms with E-state index in [9.17, 15) is 9.90 Å². The van der Waals surface area contributed by atoms with E-state index in [4.69, 9.17) is 0 Å². The minimum absolute atomic E-state index is 0.00129. The Hall–Kier alpha value is -1.62. The predicted molar refractivity (Wildman–Crippen MR) is 74.2 cm³/mol. The lowest BCUT2D eigenvalue weighted by molar-refractivity contribution is 0.0547. The lowest BCUT2D eigenvalue weighted by Gasteiger charge is -2.30. The van der Waals surface area contributed by atoms with Crippen molar-refractivity contribution in [2.45, 2.75) is 32.3 Å². The molecule has 1 fully saturated rings. The minimum Gasteiger partial charge on any atom is -0.393 e. The van der Waals surface area contributed by atoms with E-state index in [-0.39, 0.29) is 12.0 Å². The summed E-state index contributed by atoms with van der Waals surface area (Å²) >= 11 is 0. The molecule has 0 radical (unpaired) electrons. The van der Waals surface area contributed by atoms with Crippen LogP contribution in [0.3, 0.4) is 0 Å². The number of nitrogens with one attached hydrogen (secondary N) is 1. The van der Waals surface area contributed by atoms with Crippen LogP contribution in [-0.4, -0.2) is 46.6 Å². The first-order chi connectivity index (χ1) is 9.22. The van der Waals surface area contributed by atoms with Gasteiger partial charge in [-0.25, -0.2) is 0 Å². The zero-order valence-corrected chi connectivity index (χ0v) is 11.3. The van der Waals surface area contributed by atoms with Gasteiger partial charge in [-0.3, -0.25) is 9.78 Å². The molecular formula is C14H21N3O2. The number of rotatable bonds is 4. The van der Waals surface area contributed by atoms with Crippen molar-refractivity contribution < 1.29 is 9.90 Å². The Labute approximate surface area is 113 Å². The van der Waals surface area contributed by atoms with Gasteiger partial charge < -0.3 is 15.3 Å². The molecule has 2 heterocycles. The van der Waals surface area contributed by atoms with E-state index in [1.54, 1.807) is 17.3 Å². The first-order valence-electron chi connectivity index (χ1n) is 6.87. The van der Waals surface area contributed by atoms with Crippen LogP contribution in [0, 0.1) is 0 Å². The maximum absolute atomic E-state index is 12.5. The molecule has 5 heteroatoms. The number of aliphatic hydroxyl groups excluding tert-OH is 1. The highest BCUT2D eigenvalue weighted by atomic mass is 16.3. The zero-order chi connectivity index (χ0) is 13.7. The standard InChI is InChI=1S/C14H21N3O2/c1-2-6-16-13-3-7-15-10-12(13)14(19)17-8-4-11(18)5-9-17/h3,7,10-11,18H,2,4-6,8-9H2,1H3,(H,15,16). The first-order valence-corrected chi connectivity index (χ1v) is 6.87. The van der Waals surface area contributed by atoms with Gasteiger partial charge in [0.2, 0.25) is 0 Å². The summed E-state index contributed by atoms with van der Waals surface area (Å²) in [6.07, 6.45) is 5.36. The summed E-state index contributed by atoms with van der Waals surface area (Å²) in [4.78, 5) is 18.3. The van der Waals surface area contributed by atoms with Gasteiger partial charge in [0, 0.05) is 32.0 Å². The Balaban J connectivity index is 2.09. The number of aromatic nitrogens is 1. The summed E-state index contributed by atoms with van der Waals surface area (Å²) in [6.45, 7) is 4.15. The average Bonchev–Trinajstić information content (AvgIpc) is 2.45. The average molecular weight is 263 g/mol. The van der Waals surface area contributed by atoms with E-state index >= 15 is 0 Å². The summed E-state index contributed by atoms with van der Waals surface area (Å²) in [5, 5.41) is 12.7. The van der Waals surface area contributed by atoms with Crippen molar-refractivity contribution in [1.82, 2.24) is 9.88 Å². The molecule has 0 atom stereocenters. The summed E-state index contributed by atoms with van der Waals surface area (Å²) in [7, 11) is 0. The van der Waals surface area contributed by atoms with Gasteiger partial charge in [0.05, 0.1) is 17.4 Å². The van der Waals surface area contributed by atoms with Crippen molar-refractivity contribution in [3.05, 3.63) is 24.0 Å². The van der Waals surface area contributed by atoms with Crippen molar-refractivity contribution in [1.29, 1.82) is 0 Å². The van der Waals surface area contributed by atoms with Crippen LogP contribution in [-0.2, 0) is 0 Å². The number of anilines is 1. The quantitative estimate of drug-likeness (QED) is 0.864. The van der Waals surface area contributed by atoms with Gasteiger partial charge in [-0.1, -0.05) is 6.92 Å². The smallest absolute Gasteiger partial charge is 0.257 e. The van der Waals surface area contributed by atoms with E-state index in [1.807, 2.05) is 6.07 Å². The van der Waals surface area contributed by atoms with Gasteiger partial charge in [-0.2, -0.15) is 0 Å². The second kappa shape index (κ2) is 6.52. The molecule has 5 nitrogen and oxygen atoms in total. The monoisotopic (exact) mass is 263 g/mol. The molecule has 19 heavy (non-hydrogen) atoms. The Morgan fingerprint density at radius 1 is 1.53 bits per heavy atom. The van der Waals surface area contributed by atoms with Gasteiger partial charge in [0.15, 0.2) is 0 Å². The van der Waals surface area contributed by atoms with Crippen LogP contribution < -0.4 is 5.32 Å². The number of nitrogens with zero attached hydrogens (tertiary/aromatic N) is 2. The molecule has 1 saturated heterocycles. The molecular weight excluding hydrogens is 242 g/mol. The van der Waals surface area contributed by atoms with Crippen molar-refractivity contribution >= 4 is 11.6 Å². The van der Waals surface area contributed by atoms with Gasteiger partial charge in [-0.05, 0) is 25.3 Å². The minimum atomic E-state index is -0.268. The van der Waals surface area contributed by atoms with Crippen LogP contribution in [0.2, 0.25) is 0 Å². The highest BCUT2D eigenvalue weighted by Crippen LogP contribution is 2.19. The largest absolute Gasteiger partial charge is 0.393 e. The van der Waals surface area contributed by atoms with Crippen molar-refractivity contribution in [2.75, 3.05) is 25.0 Å². The molecule has 0 aliphatic carbocycles. The molecule has 1 amide bonds. The number of hydrogen-bond acceptors (Lipinski definition) is 4. The fraction of sp³-hybridized carbons (Fsp3) is 0.571. The van der Waals surface area contributed by atoms with E-state index in [0.29, 0.717) is 31.5 Å². The van der Waals surface area contributed by atoms with Crippen molar-refractivity contribution in [3.8, 4) is 0 Å². The second-order valence-corrected chi connectivity index (χ2v) is 4.87. The number of carbonyl (C=O) groups excluding carboxylic acids is 1. The molecule has 0 spiro atoms. The van der Waals surface area contributed by atoms with E-state index in [1.165, 1.54) is 0 Å². The van der Waals surface area contributed by atoms with Crippen molar-refractivity contribution in [2.24, 2.45) is 0 Å². The van der Waals surface area contributed by atoms with Gasteiger partial charge in [0.25, 0.3) is 5.91 Å². The fourth-order valence-corrected chi connectivity index (χ4v) is 2.22. The third-order valence-corrected chi connectivity index (χ3v) is 3.37. The molecule has 2 N–H and O–H groups in total. The number of likely N-dealkylation sites (tertiary alicyclic amines) is 1. The number of amides is 1. The number of hydrogen-bond donors (Lipinski definition) is 2. The van der Waals surface area contributed by atoms with Gasteiger partial charge in [0.1, 0.15) is 0 Å². The number of piperidine rings is 1. The van der Waals surface area contributed by atoms with Crippen LogP contribution in [0.15, 0.2) is 18.5 Å². The highest BCUT2D eigenvalue weighted by molar-refractivity contribution is 5.99. The van der Waals surface area contributed by atoms with Crippen LogP contribution in [0.4, 0.5) is 5.69 Å². The van der Waals surface area contributed by atoms with E-state index in [2.05, 4.69) is 17.2 Å². The highest BCUT2D eigenvalue weighted by Gasteiger charge is 2.23. The molecule has 2 rings (SSSR count). The molecule has 0 unspecified atom stereocenters. The summed E-state index contributed by atoms with van der Waals surface area (Å²) in [6, 6.07) is 1.84. The Morgan fingerprint density at radius 2 is 2.26 bits per heavy atom. The van der Waals surface area contributed by atoms with Crippen LogP contribution >= 0.6 is 0 Å². The summed E-state index contributed by atoms with van der Waals surface area (Å²) in [5.41, 5.74) is 1.46. The third kappa shape index (κ3) is 3.44. The van der Waals surface area contributed by atoms with Gasteiger partial charge >= 0.3 is 0 Å². The molecule has 1 aliphatic rings. The molecule has 0 aromatic carbocycles.